The Morgan fingerprint density at radius 3 is 2.54 bits per heavy atom. The molecule has 0 aliphatic carbocycles. The molecule has 1 aromatic carbocycles. The largest absolute Gasteiger partial charge is 0.220 e. The predicted octanol–water partition coefficient (Wildman–Crippen LogP) is 5.90. The van der Waals surface area contributed by atoms with Gasteiger partial charge < -0.3 is 0 Å². The van der Waals surface area contributed by atoms with Crippen molar-refractivity contribution in [1.29, 1.82) is 0 Å². The van der Waals surface area contributed by atoms with Crippen molar-refractivity contribution in [2.24, 2.45) is 10.1 Å². The quantitative estimate of drug-likeness (QED) is 0.382. The van der Waals surface area contributed by atoms with Crippen molar-refractivity contribution in [3.05, 3.63) is 79.7 Å². The molecule has 4 rings (SSSR count). The molecular weight excluding hydrogens is 385 g/mol. The summed E-state index contributed by atoms with van der Waals surface area (Å²) in [5.74, 6) is -0.270. The first-order chi connectivity index (χ1) is 12.7. The summed E-state index contributed by atoms with van der Waals surface area (Å²) in [4.78, 5) is 7.63. The first-order valence-corrected chi connectivity index (χ1v) is 10.5. The molecule has 3 heterocycles. The van der Waals surface area contributed by atoms with E-state index in [9.17, 15) is 4.39 Å². The number of hydrogen-bond donors (Lipinski definition) is 0. The standard InChI is InChI=1S/C19H14FN3S3/c1-13-8-10-25-18(13)11-21-23-16(17-3-2-9-24-17)12-26-19(23)22-15-6-4-14(20)5-7-15/h2-12H,1H3. The van der Waals surface area contributed by atoms with Crippen LogP contribution in [0.4, 0.5) is 10.1 Å². The lowest BCUT2D eigenvalue weighted by molar-refractivity contribution is 0.628. The molecular formula is C19H14FN3S3. The van der Waals surface area contributed by atoms with E-state index < -0.39 is 0 Å². The van der Waals surface area contributed by atoms with Crippen molar-refractivity contribution in [2.75, 3.05) is 0 Å². The summed E-state index contributed by atoms with van der Waals surface area (Å²) in [6.07, 6.45) is 1.87. The second-order valence-electron chi connectivity index (χ2n) is 5.49. The van der Waals surface area contributed by atoms with Crippen LogP contribution in [0.1, 0.15) is 10.4 Å². The SMILES string of the molecule is Cc1ccsc1C=Nn1c(-c2cccs2)csc1=Nc1ccc(F)cc1. The molecule has 0 amide bonds. The maximum atomic E-state index is 13.1. The summed E-state index contributed by atoms with van der Waals surface area (Å²) in [6, 6.07) is 12.3. The number of thiophene rings is 2. The van der Waals surface area contributed by atoms with Gasteiger partial charge in [-0.2, -0.15) is 5.10 Å². The van der Waals surface area contributed by atoms with Gasteiger partial charge in [-0.1, -0.05) is 6.07 Å². The molecule has 0 N–H and O–H groups in total. The first kappa shape index (κ1) is 17.1. The third-order valence-corrected chi connectivity index (χ3v) is 6.36. The van der Waals surface area contributed by atoms with Gasteiger partial charge in [-0.05, 0) is 59.6 Å². The van der Waals surface area contributed by atoms with Crippen molar-refractivity contribution in [1.82, 2.24) is 4.68 Å². The average Bonchev–Trinajstić information content (AvgIpc) is 3.37. The lowest BCUT2D eigenvalue weighted by atomic mass is 10.3. The summed E-state index contributed by atoms with van der Waals surface area (Å²) >= 11 is 4.83. The number of thiazole rings is 1. The van der Waals surface area contributed by atoms with Gasteiger partial charge in [-0.25, -0.2) is 14.1 Å². The molecule has 7 heteroatoms. The minimum absolute atomic E-state index is 0.270. The number of rotatable bonds is 4. The van der Waals surface area contributed by atoms with Gasteiger partial charge in [0.05, 0.1) is 27.4 Å². The summed E-state index contributed by atoms with van der Waals surface area (Å²) in [6.45, 7) is 2.07. The number of hydrogen-bond acceptors (Lipinski definition) is 5. The van der Waals surface area contributed by atoms with Crippen LogP contribution in [0, 0.1) is 12.7 Å². The second-order valence-corrected chi connectivity index (χ2v) is 8.23. The highest BCUT2D eigenvalue weighted by Gasteiger charge is 2.09. The van der Waals surface area contributed by atoms with Crippen LogP contribution in [0.3, 0.4) is 0 Å². The minimum atomic E-state index is -0.270. The third kappa shape index (κ3) is 3.60. The number of halogens is 1. The first-order valence-electron chi connectivity index (χ1n) is 7.84. The van der Waals surface area contributed by atoms with Crippen molar-refractivity contribution >= 4 is 45.9 Å². The highest BCUT2D eigenvalue weighted by molar-refractivity contribution is 7.14. The van der Waals surface area contributed by atoms with Gasteiger partial charge in [0.25, 0.3) is 0 Å². The molecule has 0 aliphatic heterocycles. The normalized spacial score (nSPS) is 12.3. The maximum absolute atomic E-state index is 13.1. The van der Waals surface area contributed by atoms with E-state index in [4.69, 9.17) is 5.10 Å². The fraction of sp³-hybridized carbons (Fsp3) is 0.0526. The van der Waals surface area contributed by atoms with Gasteiger partial charge in [0.15, 0.2) is 0 Å². The van der Waals surface area contributed by atoms with E-state index >= 15 is 0 Å². The molecule has 3 nitrogen and oxygen atoms in total. The number of aromatic nitrogens is 1. The van der Waals surface area contributed by atoms with E-state index in [2.05, 4.69) is 29.4 Å². The van der Waals surface area contributed by atoms with Gasteiger partial charge in [-0.3, -0.25) is 0 Å². The van der Waals surface area contributed by atoms with E-state index in [0.717, 1.165) is 20.2 Å². The van der Waals surface area contributed by atoms with Crippen LogP contribution in [0.2, 0.25) is 0 Å². The van der Waals surface area contributed by atoms with E-state index in [1.165, 1.54) is 29.0 Å². The highest BCUT2D eigenvalue weighted by atomic mass is 32.1. The topological polar surface area (TPSA) is 29.6 Å². The van der Waals surface area contributed by atoms with Gasteiger partial charge in [0, 0.05) is 5.38 Å². The lowest BCUT2D eigenvalue weighted by Crippen LogP contribution is -2.11. The van der Waals surface area contributed by atoms with Crippen LogP contribution in [0.15, 0.2) is 68.7 Å². The molecule has 0 atom stereocenters. The van der Waals surface area contributed by atoms with Crippen LogP contribution in [0.25, 0.3) is 10.6 Å². The zero-order chi connectivity index (χ0) is 17.9. The van der Waals surface area contributed by atoms with Gasteiger partial charge >= 0.3 is 0 Å². The van der Waals surface area contributed by atoms with Crippen LogP contribution in [0.5, 0.6) is 0 Å². The molecule has 4 aromatic rings. The number of benzene rings is 1. The number of nitrogens with zero attached hydrogens (tertiary/aromatic N) is 3. The van der Waals surface area contributed by atoms with Gasteiger partial charge in [0.2, 0.25) is 4.80 Å². The minimum Gasteiger partial charge on any atom is -0.220 e. The van der Waals surface area contributed by atoms with E-state index in [-0.39, 0.29) is 5.82 Å². The molecule has 0 spiro atoms. The highest BCUT2D eigenvalue weighted by Crippen LogP contribution is 2.25. The molecule has 3 aromatic heterocycles. The van der Waals surface area contributed by atoms with Crippen molar-refractivity contribution in [3.63, 3.8) is 0 Å². The molecule has 0 saturated heterocycles. The number of aryl methyl sites for hydroxylation is 1. The Morgan fingerprint density at radius 2 is 1.85 bits per heavy atom. The predicted molar refractivity (Wildman–Crippen MR) is 109 cm³/mol. The Bertz CT molecular complexity index is 1100. The molecule has 0 fully saturated rings. The summed E-state index contributed by atoms with van der Waals surface area (Å²) in [5, 5.41) is 10.8. The Labute approximate surface area is 162 Å². The Morgan fingerprint density at radius 1 is 1.00 bits per heavy atom. The fourth-order valence-electron chi connectivity index (χ4n) is 2.34. The summed E-state index contributed by atoms with van der Waals surface area (Å²) in [5.41, 5.74) is 2.89. The Hall–Kier alpha value is -2.35. The molecule has 0 saturated carbocycles. The molecule has 130 valence electrons. The fourth-order valence-corrected chi connectivity index (χ4v) is 4.77. The smallest absolute Gasteiger partial charge is 0.211 e. The van der Waals surface area contributed by atoms with Crippen LogP contribution >= 0.6 is 34.0 Å². The zero-order valence-electron chi connectivity index (χ0n) is 13.8. The van der Waals surface area contributed by atoms with E-state index in [1.807, 2.05) is 27.7 Å². The van der Waals surface area contributed by atoms with Crippen LogP contribution in [-0.2, 0) is 0 Å². The average molecular weight is 400 g/mol. The third-order valence-electron chi connectivity index (χ3n) is 3.70. The molecule has 26 heavy (non-hydrogen) atoms. The maximum Gasteiger partial charge on any atom is 0.211 e. The van der Waals surface area contributed by atoms with Crippen LogP contribution in [-0.4, -0.2) is 10.9 Å². The molecule has 0 radical (unpaired) electrons. The molecule has 0 bridgehead atoms. The van der Waals surface area contributed by atoms with Crippen molar-refractivity contribution in [2.45, 2.75) is 6.92 Å². The van der Waals surface area contributed by atoms with Gasteiger partial charge in [-0.15, -0.1) is 34.0 Å². The van der Waals surface area contributed by atoms with E-state index in [0.29, 0.717) is 5.69 Å². The Balaban J connectivity index is 1.83. The van der Waals surface area contributed by atoms with Crippen molar-refractivity contribution < 1.29 is 4.39 Å². The lowest BCUT2D eigenvalue weighted by Gasteiger charge is -2.01. The molecule has 0 aliphatic rings. The van der Waals surface area contributed by atoms with Gasteiger partial charge in [0.1, 0.15) is 5.82 Å². The summed E-state index contributed by atoms with van der Waals surface area (Å²) in [7, 11) is 0. The van der Waals surface area contributed by atoms with Crippen LogP contribution < -0.4 is 4.80 Å². The van der Waals surface area contributed by atoms with Crippen molar-refractivity contribution in [3.8, 4) is 10.6 Å². The van der Waals surface area contributed by atoms with E-state index in [1.54, 1.807) is 34.8 Å². The molecule has 0 unspecified atom stereocenters. The monoisotopic (exact) mass is 399 g/mol. The second kappa shape index (κ2) is 7.49. The Kier molecular flexibility index (Phi) is 4.92. The zero-order valence-corrected chi connectivity index (χ0v) is 16.2. The summed E-state index contributed by atoms with van der Waals surface area (Å²) < 4.78 is 15.0.